The average molecular weight is 323 g/mol. The van der Waals surface area contributed by atoms with E-state index in [0.29, 0.717) is 25.4 Å². The van der Waals surface area contributed by atoms with E-state index in [0.717, 1.165) is 31.6 Å². The average Bonchev–Trinajstić information content (AvgIpc) is 2.86. The maximum absolute atomic E-state index is 12.2. The molecule has 0 saturated carbocycles. The van der Waals surface area contributed by atoms with Gasteiger partial charge in [0.1, 0.15) is 5.82 Å². The fourth-order valence-electron chi connectivity index (χ4n) is 2.78. The third-order valence-corrected chi connectivity index (χ3v) is 4.75. The lowest BCUT2D eigenvalue weighted by molar-refractivity contribution is 0.179. The summed E-state index contributed by atoms with van der Waals surface area (Å²) in [6.45, 7) is 8.11. The Balaban J connectivity index is 1.79. The standard InChI is InChI=1S/C16H29N5O2/c1-12(2)13(3)19(4)15(22)17-9-7-11-21-16(23)20-10-6-5-8-14(20)18-21/h12-13H,5-11H2,1-4H3,(H,17,22). The molecule has 23 heavy (non-hydrogen) atoms. The number of carbonyl (C=O) groups excluding carboxylic acids is 1. The lowest BCUT2D eigenvalue weighted by Gasteiger charge is -2.28. The first kappa shape index (κ1) is 17.6. The molecule has 1 aromatic heterocycles. The topological polar surface area (TPSA) is 72.2 Å². The van der Waals surface area contributed by atoms with Crippen LogP contribution < -0.4 is 11.0 Å². The van der Waals surface area contributed by atoms with Crippen molar-refractivity contribution in [3.8, 4) is 0 Å². The van der Waals surface area contributed by atoms with E-state index in [9.17, 15) is 9.59 Å². The molecule has 0 bridgehead atoms. The normalized spacial score (nSPS) is 15.3. The number of hydrogen-bond donors (Lipinski definition) is 1. The smallest absolute Gasteiger partial charge is 0.338 e. The van der Waals surface area contributed by atoms with Gasteiger partial charge in [-0.05, 0) is 32.1 Å². The van der Waals surface area contributed by atoms with Crippen LogP contribution >= 0.6 is 0 Å². The molecule has 2 amide bonds. The molecule has 1 aromatic rings. The van der Waals surface area contributed by atoms with Crippen LogP contribution in [0, 0.1) is 5.92 Å². The van der Waals surface area contributed by atoms with Crippen molar-refractivity contribution in [1.82, 2.24) is 24.6 Å². The molecule has 0 aromatic carbocycles. The van der Waals surface area contributed by atoms with Crippen molar-refractivity contribution >= 4 is 6.03 Å². The molecule has 0 saturated heterocycles. The summed E-state index contributed by atoms with van der Waals surface area (Å²) in [7, 11) is 1.81. The Labute approximate surface area is 137 Å². The second-order valence-corrected chi connectivity index (χ2v) is 6.71. The number of carbonyl (C=O) groups is 1. The number of aromatic nitrogens is 3. The summed E-state index contributed by atoms with van der Waals surface area (Å²) < 4.78 is 3.31. The van der Waals surface area contributed by atoms with Gasteiger partial charge in [-0.25, -0.2) is 14.3 Å². The van der Waals surface area contributed by atoms with Gasteiger partial charge in [0.15, 0.2) is 0 Å². The molecular formula is C16H29N5O2. The van der Waals surface area contributed by atoms with Crippen molar-refractivity contribution in [2.75, 3.05) is 13.6 Å². The molecule has 1 N–H and O–H groups in total. The fraction of sp³-hybridized carbons (Fsp3) is 0.812. The van der Waals surface area contributed by atoms with Crippen LogP contribution in [-0.2, 0) is 19.5 Å². The summed E-state index contributed by atoms with van der Waals surface area (Å²) >= 11 is 0. The molecule has 0 aliphatic carbocycles. The quantitative estimate of drug-likeness (QED) is 0.806. The van der Waals surface area contributed by atoms with Crippen LogP contribution in [0.5, 0.6) is 0 Å². The highest BCUT2D eigenvalue weighted by molar-refractivity contribution is 5.74. The number of aryl methyl sites for hydroxylation is 2. The van der Waals surface area contributed by atoms with Gasteiger partial charge in [-0.15, -0.1) is 0 Å². The molecule has 2 rings (SSSR count). The maximum Gasteiger partial charge on any atom is 0.345 e. The highest BCUT2D eigenvalue weighted by Crippen LogP contribution is 2.09. The highest BCUT2D eigenvalue weighted by atomic mass is 16.2. The van der Waals surface area contributed by atoms with Gasteiger partial charge in [-0.1, -0.05) is 13.8 Å². The number of fused-ring (bicyclic) bond motifs is 1. The Hall–Kier alpha value is -1.79. The minimum absolute atomic E-state index is 0.0171. The van der Waals surface area contributed by atoms with Gasteiger partial charge in [0.05, 0.1) is 0 Å². The number of rotatable bonds is 6. The van der Waals surface area contributed by atoms with Gasteiger partial charge in [-0.3, -0.25) is 4.57 Å². The minimum Gasteiger partial charge on any atom is -0.338 e. The lowest BCUT2D eigenvalue weighted by atomic mass is 10.1. The Morgan fingerprint density at radius 3 is 2.74 bits per heavy atom. The molecule has 7 heteroatoms. The van der Waals surface area contributed by atoms with E-state index in [-0.39, 0.29) is 17.8 Å². The second kappa shape index (κ2) is 7.66. The third kappa shape index (κ3) is 4.14. The van der Waals surface area contributed by atoms with Crippen LogP contribution in [0.3, 0.4) is 0 Å². The monoisotopic (exact) mass is 323 g/mol. The molecule has 1 unspecified atom stereocenters. The number of nitrogens with zero attached hydrogens (tertiary/aromatic N) is 4. The Morgan fingerprint density at radius 2 is 2.09 bits per heavy atom. The van der Waals surface area contributed by atoms with Crippen LogP contribution in [0.15, 0.2) is 4.79 Å². The second-order valence-electron chi connectivity index (χ2n) is 6.71. The van der Waals surface area contributed by atoms with E-state index in [1.54, 1.807) is 9.47 Å². The Morgan fingerprint density at radius 1 is 1.35 bits per heavy atom. The van der Waals surface area contributed by atoms with Gasteiger partial charge in [0.2, 0.25) is 0 Å². The van der Waals surface area contributed by atoms with E-state index in [2.05, 4.69) is 24.3 Å². The van der Waals surface area contributed by atoms with E-state index >= 15 is 0 Å². The summed E-state index contributed by atoms with van der Waals surface area (Å²) in [4.78, 5) is 26.0. The van der Waals surface area contributed by atoms with E-state index in [4.69, 9.17) is 0 Å². The molecule has 0 fully saturated rings. The Kier molecular flexibility index (Phi) is 5.85. The van der Waals surface area contributed by atoms with Gasteiger partial charge in [-0.2, -0.15) is 5.10 Å². The molecule has 1 atom stereocenters. The first-order valence-corrected chi connectivity index (χ1v) is 8.59. The summed E-state index contributed by atoms with van der Waals surface area (Å²) in [6.07, 6.45) is 3.74. The first-order valence-electron chi connectivity index (χ1n) is 8.59. The maximum atomic E-state index is 12.2. The minimum atomic E-state index is -0.0670. The van der Waals surface area contributed by atoms with Crippen LogP contribution in [0.4, 0.5) is 4.79 Å². The molecule has 2 heterocycles. The molecule has 0 radical (unpaired) electrons. The van der Waals surface area contributed by atoms with Crippen LogP contribution in [-0.4, -0.2) is 44.9 Å². The van der Waals surface area contributed by atoms with Gasteiger partial charge in [0, 0.05) is 39.1 Å². The molecule has 7 nitrogen and oxygen atoms in total. The number of nitrogens with one attached hydrogen (secondary N) is 1. The zero-order valence-electron chi connectivity index (χ0n) is 14.7. The van der Waals surface area contributed by atoms with Crippen LogP contribution in [0.2, 0.25) is 0 Å². The third-order valence-electron chi connectivity index (χ3n) is 4.75. The molecule has 130 valence electrons. The fourth-order valence-corrected chi connectivity index (χ4v) is 2.78. The zero-order valence-corrected chi connectivity index (χ0v) is 14.7. The van der Waals surface area contributed by atoms with Gasteiger partial charge >= 0.3 is 11.7 Å². The predicted octanol–water partition coefficient (Wildman–Crippen LogP) is 1.46. The summed E-state index contributed by atoms with van der Waals surface area (Å²) in [5, 5.41) is 7.30. The number of amides is 2. The van der Waals surface area contributed by atoms with Crippen molar-refractivity contribution in [2.24, 2.45) is 5.92 Å². The lowest BCUT2D eigenvalue weighted by Crippen LogP contribution is -2.44. The number of hydrogen-bond acceptors (Lipinski definition) is 3. The van der Waals surface area contributed by atoms with Crippen LogP contribution in [0.1, 0.15) is 45.9 Å². The van der Waals surface area contributed by atoms with Crippen molar-refractivity contribution < 1.29 is 4.79 Å². The van der Waals surface area contributed by atoms with E-state index < -0.39 is 0 Å². The number of urea groups is 1. The molecule has 1 aliphatic heterocycles. The zero-order chi connectivity index (χ0) is 17.0. The first-order chi connectivity index (χ1) is 10.9. The van der Waals surface area contributed by atoms with Crippen molar-refractivity contribution in [1.29, 1.82) is 0 Å². The molecule has 1 aliphatic rings. The molecule has 0 spiro atoms. The van der Waals surface area contributed by atoms with Crippen LogP contribution in [0.25, 0.3) is 0 Å². The van der Waals surface area contributed by atoms with Crippen molar-refractivity contribution in [3.63, 3.8) is 0 Å². The van der Waals surface area contributed by atoms with E-state index in [1.165, 1.54) is 4.68 Å². The SMILES string of the molecule is CC(C)C(C)N(C)C(=O)NCCCn1nc2n(c1=O)CCCC2. The predicted molar refractivity (Wildman–Crippen MR) is 89.5 cm³/mol. The highest BCUT2D eigenvalue weighted by Gasteiger charge is 2.18. The summed E-state index contributed by atoms with van der Waals surface area (Å²) in [5.74, 6) is 1.32. The largest absolute Gasteiger partial charge is 0.345 e. The summed E-state index contributed by atoms with van der Waals surface area (Å²) in [5.41, 5.74) is -0.0171. The summed E-state index contributed by atoms with van der Waals surface area (Å²) in [6, 6.07) is 0.125. The van der Waals surface area contributed by atoms with Crippen molar-refractivity contribution in [2.45, 2.75) is 65.6 Å². The Bertz CT molecular complexity index is 590. The van der Waals surface area contributed by atoms with Gasteiger partial charge < -0.3 is 10.2 Å². The van der Waals surface area contributed by atoms with Gasteiger partial charge in [0.25, 0.3) is 0 Å². The molecular weight excluding hydrogens is 294 g/mol. The van der Waals surface area contributed by atoms with Crippen molar-refractivity contribution in [3.05, 3.63) is 16.3 Å². The van der Waals surface area contributed by atoms with E-state index in [1.807, 2.05) is 14.0 Å².